The molecule has 0 spiro atoms. The number of hydrogen-bond acceptors (Lipinski definition) is 6. The van der Waals surface area contributed by atoms with E-state index in [2.05, 4.69) is 5.32 Å². The monoisotopic (exact) mass is 385 g/mol. The summed E-state index contributed by atoms with van der Waals surface area (Å²) in [6.07, 6.45) is -0.303. The topological polar surface area (TPSA) is 83.1 Å². The summed E-state index contributed by atoms with van der Waals surface area (Å²) in [5.41, 5.74) is 2.08. The summed E-state index contributed by atoms with van der Waals surface area (Å²) >= 11 is 0. The third-order valence-electron chi connectivity index (χ3n) is 4.01. The molecule has 7 heteroatoms. The first-order valence-electron chi connectivity index (χ1n) is 9.01. The predicted octanol–water partition coefficient (Wildman–Crippen LogP) is 2.18. The van der Waals surface area contributed by atoms with Crippen LogP contribution in [-0.4, -0.2) is 44.3 Å². The van der Waals surface area contributed by atoms with Gasteiger partial charge in [0.25, 0.3) is 5.91 Å². The number of benzene rings is 2. The Morgan fingerprint density at radius 1 is 1.07 bits per heavy atom. The number of amides is 1. The Labute approximate surface area is 163 Å². The van der Waals surface area contributed by atoms with Gasteiger partial charge in [0.1, 0.15) is 18.5 Å². The fourth-order valence-corrected chi connectivity index (χ4v) is 2.79. The lowest BCUT2D eigenvalue weighted by Gasteiger charge is -2.26. The lowest BCUT2D eigenvalue weighted by Crippen LogP contribution is -2.42. The lowest BCUT2D eigenvalue weighted by atomic mass is 10.1. The van der Waals surface area contributed by atoms with E-state index in [1.807, 2.05) is 50.2 Å². The lowest BCUT2D eigenvalue weighted by molar-refractivity contribution is -0.150. The van der Waals surface area contributed by atoms with Crippen LogP contribution in [0.15, 0.2) is 42.5 Å². The summed E-state index contributed by atoms with van der Waals surface area (Å²) < 4.78 is 21.7. The first kappa shape index (κ1) is 19.5. The number of carbonyl (C=O) groups excluding carboxylic acids is 2. The molecule has 0 unspecified atom stereocenters. The molecular weight excluding hydrogens is 362 g/mol. The van der Waals surface area contributed by atoms with Crippen molar-refractivity contribution in [3.63, 3.8) is 0 Å². The molecule has 1 aliphatic rings. The van der Waals surface area contributed by atoms with Crippen LogP contribution in [0.5, 0.6) is 17.2 Å². The quantitative estimate of drug-likeness (QED) is 0.736. The van der Waals surface area contributed by atoms with Crippen LogP contribution < -0.4 is 19.5 Å². The Morgan fingerprint density at radius 3 is 2.54 bits per heavy atom. The van der Waals surface area contributed by atoms with Gasteiger partial charge >= 0.3 is 5.97 Å². The summed E-state index contributed by atoms with van der Waals surface area (Å²) in [4.78, 5) is 23.6. The van der Waals surface area contributed by atoms with Gasteiger partial charge in [-0.2, -0.15) is 0 Å². The van der Waals surface area contributed by atoms with Crippen molar-refractivity contribution >= 4 is 11.9 Å². The van der Waals surface area contributed by atoms with Gasteiger partial charge in [-0.1, -0.05) is 18.2 Å². The van der Waals surface area contributed by atoms with Crippen LogP contribution in [0.1, 0.15) is 11.1 Å². The molecule has 1 atom stereocenters. The smallest absolute Gasteiger partial charge is 0.344 e. The van der Waals surface area contributed by atoms with Gasteiger partial charge in [0.2, 0.25) is 0 Å². The second kappa shape index (κ2) is 9.12. The minimum Gasteiger partial charge on any atom is -0.486 e. The van der Waals surface area contributed by atoms with Crippen LogP contribution in [0, 0.1) is 13.8 Å². The molecule has 3 rings (SSSR count). The van der Waals surface area contributed by atoms with Gasteiger partial charge in [-0.3, -0.25) is 4.79 Å². The number of nitrogens with one attached hydrogen (secondary N) is 1. The molecule has 1 N–H and O–H groups in total. The van der Waals surface area contributed by atoms with Crippen molar-refractivity contribution in [2.24, 2.45) is 0 Å². The van der Waals surface area contributed by atoms with Gasteiger partial charge in [0, 0.05) is 0 Å². The van der Waals surface area contributed by atoms with Crippen LogP contribution in [-0.2, 0) is 14.3 Å². The van der Waals surface area contributed by atoms with E-state index in [1.165, 1.54) is 0 Å². The molecule has 0 aliphatic carbocycles. The van der Waals surface area contributed by atoms with Crippen molar-refractivity contribution in [1.82, 2.24) is 5.32 Å². The van der Waals surface area contributed by atoms with Gasteiger partial charge in [-0.15, -0.1) is 0 Å². The second-order valence-corrected chi connectivity index (χ2v) is 6.57. The molecule has 2 aromatic carbocycles. The first-order valence-corrected chi connectivity index (χ1v) is 9.01. The van der Waals surface area contributed by atoms with E-state index in [9.17, 15) is 9.59 Å². The summed E-state index contributed by atoms with van der Waals surface area (Å²) in [5.74, 6) is 0.891. The SMILES string of the molecule is Cc1cc(C)cc(OCC(=O)OCC(=O)NC[C@H]2COc3ccccc3O2)c1. The number of para-hydroxylation sites is 2. The van der Waals surface area contributed by atoms with Crippen LogP contribution in [0.25, 0.3) is 0 Å². The van der Waals surface area contributed by atoms with E-state index >= 15 is 0 Å². The van der Waals surface area contributed by atoms with Crippen molar-refractivity contribution in [3.05, 3.63) is 53.6 Å². The molecule has 0 saturated heterocycles. The highest BCUT2D eigenvalue weighted by Gasteiger charge is 2.21. The number of hydrogen-bond donors (Lipinski definition) is 1. The maximum absolute atomic E-state index is 11.9. The molecule has 28 heavy (non-hydrogen) atoms. The van der Waals surface area contributed by atoms with E-state index in [0.29, 0.717) is 23.9 Å². The Bertz CT molecular complexity index is 830. The maximum Gasteiger partial charge on any atom is 0.344 e. The predicted molar refractivity (Wildman–Crippen MR) is 102 cm³/mol. The normalized spacial score (nSPS) is 14.9. The minimum atomic E-state index is -0.611. The summed E-state index contributed by atoms with van der Waals surface area (Å²) in [6.45, 7) is 3.85. The number of rotatable bonds is 7. The molecule has 0 bridgehead atoms. The molecule has 2 aromatic rings. The number of carbonyl (C=O) groups is 2. The third-order valence-corrected chi connectivity index (χ3v) is 4.01. The Hall–Kier alpha value is -3.22. The van der Waals surface area contributed by atoms with Gasteiger partial charge < -0.3 is 24.3 Å². The maximum atomic E-state index is 11.9. The van der Waals surface area contributed by atoms with E-state index in [-0.39, 0.29) is 25.9 Å². The molecule has 1 heterocycles. The summed E-state index contributed by atoms with van der Waals surface area (Å²) in [7, 11) is 0. The number of fused-ring (bicyclic) bond motifs is 1. The number of ether oxygens (including phenoxy) is 4. The second-order valence-electron chi connectivity index (χ2n) is 6.57. The van der Waals surface area contributed by atoms with Crippen LogP contribution in [0.4, 0.5) is 0 Å². The fourth-order valence-electron chi connectivity index (χ4n) is 2.79. The molecule has 1 amide bonds. The average Bonchev–Trinajstić information content (AvgIpc) is 2.68. The molecule has 0 radical (unpaired) electrons. The fraction of sp³-hybridized carbons (Fsp3) is 0.333. The highest BCUT2D eigenvalue weighted by Crippen LogP contribution is 2.30. The molecule has 1 aliphatic heterocycles. The van der Waals surface area contributed by atoms with E-state index < -0.39 is 11.9 Å². The van der Waals surface area contributed by atoms with Crippen LogP contribution >= 0.6 is 0 Å². The number of esters is 1. The Morgan fingerprint density at radius 2 is 1.79 bits per heavy atom. The standard InChI is InChI=1S/C21H23NO6/c1-14-7-15(2)9-16(8-14)25-13-21(24)27-12-20(23)22-10-17-11-26-18-5-3-4-6-19(18)28-17/h3-9,17H,10-13H2,1-2H3,(H,22,23)/t17-/m0/s1. The van der Waals surface area contributed by atoms with Gasteiger partial charge in [0.15, 0.2) is 24.7 Å². The van der Waals surface area contributed by atoms with Crippen molar-refractivity contribution in [2.75, 3.05) is 26.4 Å². The van der Waals surface area contributed by atoms with E-state index in [4.69, 9.17) is 18.9 Å². The van der Waals surface area contributed by atoms with Gasteiger partial charge in [-0.05, 0) is 49.2 Å². The minimum absolute atomic E-state index is 0.254. The Kier molecular flexibility index (Phi) is 6.37. The molecule has 148 valence electrons. The zero-order chi connectivity index (χ0) is 19.9. The molecule has 0 fully saturated rings. The van der Waals surface area contributed by atoms with Crippen molar-refractivity contribution < 1.29 is 28.5 Å². The van der Waals surface area contributed by atoms with Crippen LogP contribution in [0.2, 0.25) is 0 Å². The largest absolute Gasteiger partial charge is 0.486 e. The highest BCUT2D eigenvalue weighted by atomic mass is 16.6. The van der Waals surface area contributed by atoms with E-state index in [1.54, 1.807) is 6.07 Å². The summed E-state index contributed by atoms with van der Waals surface area (Å²) in [5, 5.41) is 2.67. The summed E-state index contributed by atoms with van der Waals surface area (Å²) in [6, 6.07) is 13.0. The van der Waals surface area contributed by atoms with E-state index in [0.717, 1.165) is 11.1 Å². The molecular formula is C21H23NO6. The first-order chi connectivity index (χ1) is 13.5. The van der Waals surface area contributed by atoms with Crippen molar-refractivity contribution in [2.45, 2.75) is 20.0 Å². The average molecular weight is 385 g/mol. The number of aryl methyl sites for hydroxylation is 2. The highest BCUT2D eigenvalue weighted by molar-refractivity contribution is 5.80. The molecule has 0 saturated carbocycles. The molecule has 7 nitrogen and oxygen atoms in total. The van der Waals surface area contributed by atoms with Gasteiger partial charge in [0.05, 0.1) is 6.54 Å². The van der Waals surface area contributed by atoms with Crippen molar-refractivity contribution in [3.8, 4) is 17.2 Å². The van der Waals surface area contributed by atoms with Crippen LogP contribution in [0.3, 0.4) is 0 Å². The van der Waals surface area contributed by atoms with Gasteiger partial charge in [-0.25, -0.2) is 4.79 Å². The zero-order valence-electron chi connectivity index (χ0n) is 15.9. The zero-order valence-corrected chi connectivity index (χ0v) is 15.9. The van der Waals surface area contributed by atoms with Crippen molar-refractivity contribution in [1.29, 1.82) is 0 Å². The Balaban J connectivity index is 1.34. The third kappa shape index (κ3) is 5.64. The molecule has 0 aromatic heterocycles.